The van der Waals surface area contributed by atoms with Crippen LogP contribution >= 0.6 is 0 Å². The number of amides is 1. The molecule has 0 saturated carbocycles. The molecule has 0 rings (SSSR count). The molecule has 0 saturated heterocycles. The van der Waals surface area contributed by atoms with Gasteiger partial charge >= 0.3 is 0 Å². The van der Waals surface area contributed by atoms with Crippen LogP contribution in [0.5, 0.6) is 0 Å². The first-order valence-corrected chi connectivity index (χ1v) is 1.39. The van der Waals surface area contributed by atoms with Gasteiger partial charge in [-0.1, -0.05) is 0 Å². The van der Waals surface area contributed by atoms with Crippen molar-refractivity contribution < 1.29 is 4.79 Å². The van der Waals surface area contributed by atoms with Crippen LogP contribution in [0, 0.1) is 5.53 Å². The monoisotopic (exact) mass is 87.0 g/mol. The second-order valence-electron chi connectivity index (χ2n) is 0.783. The highest BCUT2D eigenvalue weighted by Gasteiger charge is 1.83. The van der Waals surface area contributed by atoms with Gasteiger partial charge in [-0.05, 0) is 0 Å². The predicted molar refractivity (Wildman–Crippen MR) is 19.2 cm³/mol. The maximum Gasteiger partial charge on any atom is 0.240 e. The van der Waals surface area contributed by atoms with Gasteiger partial charge in [0.1, 0.15) is 6.54 Å². The Morgan fingerprint density at radius 3 is 2.50 bits per heavy atom. The van der Waals surface area contributed by atoms with E-state index in [0.717, 1.165) is 0 Å². The SMILES string of the molecule is N=NCC(N)=O. The minimum atomic E-state index is -0.565. The van der Waals surface area contributed by atoms with Crippen molar-refractivity contribution in [1.82, 2.24) is 0 Å². The number of hydrogen-bond acceptors (Lipinski definition) is 3. The Hall–Kier alpha value is -0.930. The first-order valence-electron chi connectivity index (χ1n) is 1.39. The summed E-state index contributed by atoms with van der Waals surface area (Å²) in [7, 11) is 0. The number of rotatable bonds is 2. The third kappa shape index (κ3) is 3.07. The van der Waals surface area contributed by atoms with E-state index in [9.17, 15) is 4.79 Å². The predicted octanol–water partition coefficient (Wildman–Crippen LogP) is -0.497. The molecule has 0 bridgehead atoms. The minimum absolute atomic E-state index is 0.194. The Morgan fingerprint density at radius 2 is 2.50 bits per heavy atom. The standard InChI is InChI=1S/C2H5N3O/c3-2(6)1-5-4/h4H,1H2,(H2,3,6). The molecule has 0 atom stereocenters. The first-order chi connectivity index (χ1) is 2.77. The summed E-state index contributed by atoms with van der Waals surface area (Å²) in [5.41, 5.74) is 10.6. The van der Waals surface area contributed by atoms with E-state index >= 15 is 0 Å². The molecular formula is C2H5N3O. The highest BCUT2D eigenvalue weighted by Crippen LogP contribution is 1.58. The molecule has 0 aliphatic carbocycles. The Kier molecular flexibility index (Phi) is 1.96. The Morgan fingerprint density at radius 1 is 2.00 bits per heavy atom. The van der Waals surface area contributed by atoms with E-state index in [1.807, 2.05) is 0 Å². The molecule has 0 aliphatic heterocycles. The molecule has 0 aromatic carbocycles. The molecule has 0 radical (unpaired) electrons. The van der Waals surface area contributed by atoms with Gasteiger partial charge in [-0.15, -0.1) is 0 Å². The van der Waals surface area contributed by atoms with Crippen LogP contribution in [-0.4, -0.2) is 12.5 Å². The van der Waals surface area contributed by atoms with E-state index in [2.05, 4.69) is 10.8 Å². The number of nitrogens with one attached hydrogen (secondary N) is 1. The molecule has 6 heavy (non-hydrogen) atoms. The van der Waals surface area contributed by atoms with Crippen LogP contribution in [0.2, 0.25) is 0 Å². The van der Waals surface area contributed by atoms with Crippen LogP contribution in [0.15, 0.2) is 5.11 Å². The number of carbonyl (C=O) groups is 1. The second kappa shape index (κ2) is 2.32. The molecule has 0 fully saturated rings. The van der Waals surface area contributed by atoms with Gasteiger partial charge in [-0.25, -0.2) is 5.53 Å². The van der Waals surface area contributed by atoms with Crippen LogP contribution in [0.3, 0.4) is 0 Å². The highest BCUT2D eigenvalue weighted by atomic mass is 16.1. The summed E-state index contributed by atoms with van der Waals surface area (Å²) in [4.78, 5) is 9.61. The molecule has 0 aromatic heterocycles. The van der Waals surface area contributed by atoms with Crippen molar-refractivity contribution in [3.05, 3.63) is 0 Å². The van der Waals surface area contributed by atoms with Gasteiger partial charge in [0, 0.05) is 0 Å². The molecule has 1 amide bonds. The lowest BCUT2D eigenvalue weighted by Gasteiger charge is -1.75. The molecule has 0 unspecified atom stereocenters. The van der Waals surface area contributed by atoms with Crippen molar-refractivity contribution in [2.45, 2.75) is 0 Å². The van der Waals surface area contributed by atoms with Crippen LogP contribution in [0.4, 0.5) is 0 Å². The summed E-state index contributed by atoms with van der Waals surface area (Å²) in [6, 6.07) is 0. The largest absolute Gasteiger partial charge is 0.368 e. The van der Waals surface area contributed by atoms with Gasteiger partial charge in [-0.2, -0.15) is 5.11 Å². The van der Waals surface area contributed by atoms with Gasteiger partial charge in [0.15, 0.2) is 0 Å². The zero-order chi connectivity index (χ0) is 4.99. The second-order valence-corrected chi connectivity index (χ2v) is 0.783. The van der Waals surface area contributed by atoms with Crippen molar-refractivity contribution in [3.63, 3.8) is 0 Å². The zero-order valence-electron chi connectivity index (χ0n) is 3.14. The van der Waals surface area contributed by atoms with E-state index in [-0.39, 0.29) is 6.54 Å². The van der Waals surface area contributed by atoms with Crippen molar-refractivity contribution in [1.29, 1.82) is 5.53 Å². The van der Waals surface area contributed by atoms with E-state index in [4.69, 9.17) is 5.53 Å². The maximum atomic E-state index is 9.61. The van der Waals surface area contributed by atoms with Crippen molar-refractivity contribution in [2.24, 2.45) is 10.8 Å². The first kappa shape index (κ1) is 5.07. The summed E-state index contributed by atoms with van der Waals surface area (Å²) in [6.45, 7) is -0.194. The molecular weight excluding hydrogens is 82.0 g/mol. The smallest absolute Gasteiger partial charge is 0.240 e. The summed E-state index contributed by atoms with van der Waals surface area (Å²) >= 11 is 0. The molecule has 0 spiro atoms. The van der Waals surface area contributed by atoms with Crippen molar-refractivity contribution >= 4 is 5.91 Å². The van der Waals surface area contributed by atoms with Crippen LogP contribution in [0.25, 0.3) is 0 Å². The van der Waals surface area contributed by atoms with E-state index in [1.165, 1.54) is 0 Å². The lowest BCUT2D eigenvalue weighted by molar-refractivity contribution is -0.116. The fourth-order valence-electron chi connectivity index (χ4n) is 0.0779. The number of primary amides is 1. The highest BCUT2D eigenvalue weighted by molar-refractivity contribution is 5.75. The maximum absolute atomic E-state index is 9.61. The van der Waals surface area contributed by atoms with Gasteiger partial charge < -0.3 is 5.73 Å². The fraction of sp³-hybridized carbons (Fsp3) is 0.500. The van der Waals surface area contributed by atoms with Crippen LogP contribution in [0.1, 0.15) is 0 Å². The lowest BCUT2D eigenvalue weighted by atomic mass is 10.7. The molecule has 0 aliphatic rings. The summed E-state index contributed by atoms with van der Waals surface area (Å²) in [6.07, 6.45) is 0. The van der Waals surface area contributed by atoms with Crippen LogP contribution < -0.4 is 5.73 Å². The molecule has 4 nitrogen and oxygen atoms in total. The number of nitrogens with two attached hydrogens (primary N) is 1. The summed E-state index contributed by atoms with van der Waals surface area (Å²) in [5.74, 6) is -0.565. The Balaban J connectivity index is 3.05. The van der Waals surface area contributed by atoms with Crippen LogP contribution in [-0.2, 0) is 4.79 Å². The topological polar surface area (TPSA) is 79.3 Å². The Bertz CT molecular complexity index is 69.2. The van der Waals surface area contributed by atoms with Crippen molar-refractivity contribution in [2.75, 3.05) is 6.54 Å². The van der Waals surface area contributed by atoms with Gasteiger partial charge in [-0.3, -0.25) is 4.79 Å². The number of hydrogen-bond donors (Lipinski definition) is 2. The molecule has 0 aromatic rings. The zero-order valence-corrected chi connectivity index (χ0v) is 3.14. The molecule has 34 valence electrons. The Labute approximate surface area is 34.8 Å². The van der Waals surface area contributed by atoms with E-state index in [0.29, 0.717) is 0 Å². The third-order valence-corrected chi connectivity index (χ3v) is 0.235. The average Bonchev–Trinajstić information content (AvgIpc) is 1.35. The third-order valence-electron chi connectivity index (χ3n) is 0.235. The van der Waals surface area contributed by atoms with E-state index < -0.39 is 5.91 Å². The average molecular weight is 87.1 g/mol. The quantitative estimate of drug-likeness (QED) is 0.437. The fourth-order valence-corrected chi connectivity index (χ4v) is 0.0779. The molecule has 0 heterocycles. The number of nitrogens with zero attached hydrogens (tertiary/aromatic N) is 1. The lowest BCUT2D eigenvalue weighted by Crippen LogP contribution is -2.13. The van der Waals surface area contributed by atoms with Gasteiger partial charge in [0.05, 0.1) is 0 Å². The van der Waals surface area contributed by atoms with Crippen molar-refractivity contribution in [3.8, 4) is 0 Å². The van der Waals surface area contributed by atoms with Gasteiger partial charge in [0.25, 0.3) is 0 Å². The number of carbonyl (C=O) groups excluding carboxylic acids is 1. The molecule has 4 heteroatoms. The minimum Gasteiger partial charge on any atom is -0.368 e. The molecule has 3 N–H and O–H groups in total. The van der Waals surface area contributed by atoms with E-state index in [1.54, 1.807) is 0 Å². The summed E-state index contributed by atoms with van der Waals surface area (Å²) < 4.78 is 0. The normalized spacial score (nSPS) is 7.33. The van der Waals surface area contributed by atoms with Gasteiger partial charge in [0.2, 0.25) is 5.91 Å². The summed E-state index contributed by atoms with van der Waals surface area (Å²) in [5, 5.41) is 2.71.